The van der Waals surface area contributed by atoms with Gasteiger partial charge >= 0.3 is 0 Å². The Bertz CT molecular complexity index is 838. The van der Waals surface area contributed by atoms with Crippen LogP contribution in [0.1, 0.15) is 58.3 Å². The number of phenolic OH excluding ortho intramolecular Hbond substituents is 4. The number of nitrogens with zero attached hydrogens (tertiary/aromatic N) is 2. The molecule has 0 radical (unpaired) electrons. The van der Waals surface area contributed by atoms with Gasteiger partial charge in [0.25, 0.3) is 0 Å². The molecule has 0 amide bonds. The van der Waals surface area contributed by atoms with Crippen molar-refractivity contribution in [1.82, 2.24) is 8.61 Å². The Balaban J connectivity index is 1.84. The maximum Gasteiger partial charge on any atom is 0.158 e. The van der Waals surface area contributed by atoms with Crippen molar-refractivity contribution in [3.63, 3.8) is 0 Å². The molecule has 0 saturated heterocycles. The molecule has 2 rings (SSSR count). The van der Waals surface area contributed by atoms with E-state index in [0.29, 0.717) is 0 Å². The zero-order valence-electron chi connectivity index (χ0n) is 19.7. The highest BCUT2D eigenvalue weighted by Crippen LogP contribution is 2.33. The van der Waals surface area contributed by atoms with Gasteiger partial charge in [-0.25, -0.2) is 8.61 Å². The van der Waals surface area contributed by atoms with E-state index >= 15 is 0 Å². The van der Waals surface area contributed by atoms with E-state index in [0.717, 1.165) is 35.8 Å². The molecule has 6 nitrogen and oxygen atoms in total. The van der Waals surface area contributed by atoms with E-state index < -0.39 is 0 Å². The van der Waals surface area contributed by atoms with Crippen molar-refractivity contribution >= 4 is 23.9 Å². The third-order valence-corrected chi connectivity index (χ3v) is 7.36. The molecule has 0 spiro atoms. The summed E-state index contributed by atoms with van der Waals surface area (Å²) in [5.41, 5.74) is 0. The van der Waals surface area contributed by atoms with Crippen molar-refractivity contribution in [2.45, 2.75) is 68.1 Å². The number of aromatic hydroxyl groups is 4. The molecule has 0 aliphatic carbocycles. The van der Waals surface area contributed by atoms with Crippen LogP contribution in [-0.4, -0.2) is 55.7 Å². The summed E-state index contributed by atoms with van der Waals surface area (Å²) in [6.07, 6.45) is 10.2. The highest BCUT2D eigenvalue weighted by atomic mass is 32.2. The summed E-state index contributed by atoms with van der Waals surface area (Å²) >= 11 is 3.11. The highest BCUT2D eigenvalue weighted by molar-refractivity contribution is 7.97. The zero-order valence-corrected chi connectivity index (χ0v) is 21.4. The average Bonchev–Trinajstić information content (AvgIpc) is 2.78. The van der Waals surface area contributed by atoms with Crippen LogP contribution < -0.4 is 0 Å². The predicted octanol–water partition coefficient (Wildman–Crippen LogP) is 6.60. The minimum absolute atomic E-state index is 0.105. The summed E-state index contributed by atoms with van der Waals surface area (Å²) in [6.45, 7) is 4.79. The van der Waals surface area contributed by atoms with E-state index in [2.05, 4.69) is 15.5 Å². The maximum atomic E-state index is 9.84. The molecular formula is C25H38N2O4S2. The summed E-state index contributed by atoms with van der Waals surface area (Å²) in [5, 5.41) is 38.6. The topological polar surface area (TPSA) is 87.4 Å². The summed E-state index contributed by atoms with van der Waals surface area (Å²) < 4.78 is 4.40. The van der Waals surface area contributed by atoms with E-state index in [1.54, 1.807) is 30.1 Å². The fourth-order valence-corrected chi connectivity index (χ4v) is 5.18. The number of unbranched alkanes of at least 4 members (excludes halogenated alkanes) is 7. The number of hydrogen-bond acceptors (Lipinski definition) is 8. The van der Waals surface area contributed by atoms with Crippen molar-refractivity contribution < 1.29 is 20.4 Å². The van der Waals surface area contributed by atoms with Crippen LogP contribution in [-0.2, 0) is 0 Å². The first-order valence-electron chi connectivity index (χ1n) is 11.7. The van der Waals surface area contributed by atoms with Gasteiger partial charge in [-0.2, -0.15) is 0 Å². The Hall–Kier alpha value is -1.74. The number of phenols is 4. The summed E-state index contributed by atoms with van der Waals surface area (Å²) in [7, 11) is 2.00. The Labute approximate surface area is 206 Å². The fourth-order valence-electron chi connectivity index (χ4n) is 3.37. The minimum atomic E-state index is -0.118. The molecule has 0 aromatic heterocycles. The fraction of sp³-hybridized carbons (Fsp3) is 0.520. The first-order chi connectivity index (χ1) is 15.9. The lowest BCUT2D eigenvalue weighted by atomic mass is 10.1. The molecule has 0 saturated carbocycles. The Morgan fingerprint density at radius 1 is 0.606 bits per heavy atom. The monoisotopic (exact) mass is 494 g/mol. The average molecular weight is 495 g/mol. The second kappa shape index (κ2) is 15.2. The van der Waals surface area contributed by atoms with E-state index in [4.69, 9.17) is 0 Å². The maximum absolute atomic E-state index is 9.84. The molecule has 2 aromatic carbocycles. The molecule has 0 fully saturated rings. The van der Waals surface area contributed by atoms with E-state index in [9.17, 15) is 20.4 Å². The smallest absolute Gasteiger partial charge is 0.158 e. The number of hydrogen-bond donors (Lipinski definition) is 4. The van der Waals surface area contributed by atoms with Gasteiger partial charge in [0.2, 0.25) is 0 Å². The van der Waals surface area contributed by atoms with Gasteiger partial charge in [-0.05, 0) is 73.8 Å². The molecule has 0 bridgehead atoms. The molecule has 8 heteroatoms. The molecule has 0 aliphatic heterocycles. The number of benzene rings is 2. The first-order valence-corrected chi connectivity index (χ1v) is 13.3. The van der Waals surface area contributed by atoms with Crippen molar-refractivity contribution in [2.24, 2.45) is 0 Å². The number of likely N-dealkylation sites (N-methyl/N-ethyl adjacent to an activating group) is 1. The summed E-state index contributed by atoms with van der Waals surface area (Å²) in [6, 6.07) is 9.76. The predicted molar refractivity (Wildman–Crippen MR) is 138 cm³/mol. The Kier molecular flexibility index (Phi) is 12.7. The molecule has 4 N–H and O–H groups in total. The minimum Gasteiger partial charge on any atom is -0.504 e. The van der Waals surface area contributed by atoms with Crippen LogP contribution >= 0.6 is 23.9 Å². The molecule has 0 atom stereocenters. The van der Waals surface area contributed by atoms with Gasteiger partial charge in [0.1, 0.15) is 0 Å². The number of rotatable bonds is 16. The standard InChI is InChI=1S/C25H38N2O4S2/c1-3-4-5-6-7-8-9-10-15-27(33-21-12-14-23(29)25(31)19-21)17-16-26(2)32-20-11-13-22(28)24(30)18-20/h11-14,18-19,28-31H,3-10,15-17H2,1-2H3. The highest BCUT2D eigenvalue weighted by Gasteiger charge is 2.12. The van der Waals surface area contributed by atoms with Crippen LogP contribution in [0.2, 0.25) is 0 Å². The second-order valence-corrected chi connectivity index (χ2v) is 10.7. The molecule has 184 valence electrons. The van der Waals surface area contributed by atoms with Crippen LogP contribution in [0.25, 0.3) is 0 Å². The van der Waals surface area contributed by atoms with Crippen LogP contribution in [0.5, 0.6) is 23.0 Å². The van der Waals surface area contributed by atoms with Gasteiger partial charge in [-0.1, -0.05) is 51.9 Å². The summed E-state index contributed by atoms with van der Waals surface area (Å²) in [4.78, 5) is 1.75. The molecule has 33 heavy (non-hydrogen) atoms. The summed E-state index contributed by atoms with van der Waals surface area (Å²) in [5.74, 6) is -0.450. The van der Waals surface area contributed by atoms with Crippen LogP contribution in [0.15, 0.2) is 46.2 Å². The van der Waals surface area contributed by atoms with Gasteiger partial charge in [-0.3, -0.25) is 0 Å². The van der Waals surface area contributed by atoms with Gasteiger partial charge in [-0.15, -0.1) is 0 Å². The SMILES string of the molecule is CCCCCCCCCCN(CCN(C)Sc1ccc(O)c(O)c1)Sc1ccc(O)c(O)c1. The van der Waals surface area contributed by atoms with Gasteiger partial charge < -0.3 is 20.4 Å². The zero-order chi connectivity index (χ0) is 24.1. The van der Waals surface area contributed by atoms with Crippen LogP contribution in [0, 0.1) is 0 Å². The van der Waals surface area contributed by atoms with Crippen LogP contribution in [0.3, 0.4) is 0 Å². The molecule has 0 unspecified atom stereocenters. The van der Waals surface area contributed by atoms with E-state index in [-0.39, 0.29) is 23.0 Å². The van der Waals surface area contributed by atoms with Crippen molar-refractivity contribution in [3.8, 4) is 23.0 Å². The van der Waals surface area contributed by atoms with E-state index in [1.165, 1.54) is 69.0 Å². The van der Waals surface area contributed by atoms with Crippen molar-refractivity contribution in [3.05, 3.63) is 36.4 Å². The van der Waals surface area contributed by atoms with Crippen LogP contribution in [0.4, 0.5) is 0 Å². The van der Waals surface area contributed by atoms with Gasteiger partial charge in [0, 0.05) is 29.4 Å². The van der Waals surface area contributed by atoms with Gasteiger partial charge in [0.15, 0.2) is 23.0 Å². The Morgan fingerprint density at radius 3 is 1.67 bits per heavy atom. The Morgan fingerprint density at radius 2 is 1.12 bits per heavy atom. The quantitative estimate of drug-likeness (QED) is 0.118. The van der Waals surface area contributed by atoms with E-state index in [1.807, 2.05) is 13.1 Å². The third kappa shape index (κ3) is 10.8. The van der Waals surface area contributed by atoms with Crippen molar-refractivity contribution in [1.29, 1.82) is 0 Å². The molecule has 0 aliphatic rings. The largest absolute Gasteiger partial charge is 0.504 e. The third-order valence-electron chi connectivity index (χ3n) is 5.31. The lowest BCUT2D eigenvalue weighted by Gasteiger charge is -2.24. The lowest BCUT2D eigenvalue weighted by molar-refractivity contribution is 0.399. The molecule has 2 aromatic rings. The normalized spacial score (nSPS) is 11.5. The lowest BCUT2D eigenvalue weighted by Crippen LogP contribution is -2.26. The van der Waals surface area contributed by atoms with Gasteiger partial charge in [0.05, 0.1) is 0 Å². The molecular weight excluding hydrogens is 456 g/mol. The first kappa shape index (κ1) is 27.5. The second-order valence-electron chi connectivity index (χ2n) is 8.24. The van der Waals surface area contributed by atoms with Crippen molar-refractivity contribution in [2.75, 3.05) is 26.7 Å². The molecule has 0 heterocycles.